The Kier molecular flexibility index (Phi) is 4.49. The number of anilines is 1. The minimum absolute atomic E-state index is 0.0355. The molecule has 3 amide bonds. The van der Waals surface area contributed by atoms with Gasteiger partial charge in [0.1, 0.15) is 17.5 Å². The average Bonchev–Trinajstić information content (AvgIpc) is 2.66. The molecular formula is C20H18F3N3O2. The number of β-lactam (4-membered cyclic amide) rings is 1. The van der Waals surface area contributed by atoms with Gasteiger partial charge in [-0.2, -0.15) is 0 Å². The van der Waals surface area contributed by atoms with Gasteiger partial charge in [-0.15, -0.1) is 0 Å². The van der Waals surface area contributed by atoms with Crippen LogP contribution < -0.4 is 10.6 Å². The van der Waals surface area contributed by atoms with Gasteiger partial charge in [-0.3, -0.25) is 4.79 Å². The van der Waals surface area contributed by atoms with Crippen LogP contribution >= 0.6 is 0 Å². The Hall–Kier alpha value is -3.03. The number of rotatable bonds is 2. The standard InChI is InChI=1S/C20H18F3N3O2/c21-13-3-1-12(2-4-13)17-20(18(27)25-17)5-7-26(8-6-20)19(28)24-16-10-14(22)9-15(23)11-16/h1-4,9-11,17H,5-8H2,(H,24,28)(H,25,27). The number of hydrogen-bond acceptors (Lipinski definition) is 2. The van der Waals surface area contributed by atoms with Crippen LogP contribution in [0.15, 0.2) is 42.5 Å². The maximum absolute atomic E-state index is 13.3. The van der Waals surface area contributed by atoms with Crippen molar-refractivity contribution in [3.05, 3.63) is 65.5 Å². The zero-order valence-corrected chi connectivity index (χ0v) is 14.8. The molecule has 1 spiro atoms. The summed E-state index contributed by atoms with van der Waals surface area (Å²) in [6, 6.07) is 8.12. The van der Waals surface area contributed by atoms with Crippen molar-refractivity contribution in [3.8, 4) is 0 Å². The van der Waals surface area contributed by atoms with Gasteiger partial charge in [0.25, 0.3) is 0 Å². The molecule has 2 aromatic carbocycles. The van der Waals surface area contributed by atoms with Crippen molar-refractivity contribution in [2.75, 3.05) is 18.4 Å². The predicted molar refractivity (Wildman–Crippen MR) is 95.9 cm³/mol. The Morgan fingerprint density at radius 2 is 1.61 bits per heavy atom. The highest BCUT2D eigenvalue weighted by molar-refractivity contribution is 5.92. The van der Waals surface area contributed by atoms with Crippen LogP contribution in [-0.4, -0.2) is 29.9 Å². The van der Waals surface area contributed by atoms with E-state index in [1.165, 1.54) is 17.0 Å². The van der Waals surface area contributed by atoms with Gasteiger partial charge >= 0.3 is 6.03 Å². The van der Waals surface area contributed by atoms with Crippen molar-refractivity contribution >= 4 is 17.6 Å². The van der Waals surface area contributed by atoms with E-state index in [-0.39, 0.29) is 23.5 Å². The van der Waals surface area contributed by atoms with E-state index in [2.05, 4.69) is 10.6 Å². The van der Waals surface area contributed by atoms with E-state index in [4.69, 9.17) is 0 Å². The highest BCUT2D eigenvalue weighted by atomic mass is 19.1. The van der Waals surface area contributed by atoms with E-state index < -0.39 is 23.1 Å². The third-order valence-electron chi connectivity index (χ3n) is 5.54. The molecule has 5 nitrogen and oxygen atoms in total. The van der Waals surface area contributed by atoms with Gasteiger partial charge < -0.3 is 15.5 Å². The summed E-state index contributed by atoms with van der Waals surface area (Å²) in [5.41, 5.74) is 0.238. The summed E-state index contributed by atoms with van der Waals surface area (Å²) in [5.74, 6) is -1.97. The maximum atomic E-state index is 13.3. The molecule has 2 aromatic rings. The van der Waals surface area contributed by atoms with E-state index in [0.717, 1.165) is 23.8 Å². The number of piperidine rings is 1. The lowest BCUT2D eigenvalue weighted by Gasteiger charge is -2.52. The number of urea groups is 1. The van der Waals surface area contributed by atoms with Crippen LogP contribution in [0.1, 0.15) is 24.4 Å². The molecule has 4 rings (SSSR count). The molecule has 0 bridgehead atoms. The van der Waals surface area contributed by atoms with Gasteiger partial charge in [-0.05, 0) is 42.7 Å². The molecule has 2 aliphatic heterocycles. The van der Waals surface area contributed by atoms with Crippen molar-refractivity contribution in [3.63, 3.8) is 0 Å². The van der Waals surface area contributed by atoms with Crippen LogP contribution in [0, 0.1) is 22.9 Å². The van der Waals surface area contributed by atoms with Gasteiger partial charge in [0.15, 0.2) is 0 Å². The second-order valence-corrected chi connectivity index (χ2v) is 7.19. The Balaban J connectivity index is 1.42. The summed E-state index contributed by atoms with van der Waals surface area (Å²) < 4.78 is 39.7. The molecule has 2 fully saturated rings. The minimum atomic E-state index is -0.777. The molecule has 0 radical (unpaired) electrons. The number of nitrogens with one attached hydrogen (secondary N) is 2. The van der Waals surface area contributed by atoms with Crippen LogP contribution in [0.3, 0.4) is 0 Å². The van der Waals surface area contributed by atoms with E-state index in [9.17, 15) is 22.8 Å². The number of nitrogens with zero attached hydrogens (tertiary/aromatic N) is 1. The third-order valence-corrected chi connectivity index (χ3v) is 5.54. The number of halogens is 3. The molecule has 8 heteroatoms. The summed E-state index contributed by atoms with van der Waals surface area (Å²) in [5, 5.41) is 5.35. The zero-order chi connectivity index (χ0) is 19.9. The molecule has 2 N–H and O–H groups in total. The Labute approximate surface area is 159 Å². The first kappa shape index (κ1) is 18.3. The first-order valence-electron chi connectivity index (χ1n) is 8.96. The fourth-order valence-corrected chi connectivity index (χ4v) is 3.98. The first-order chi connectivity index (χ1) is 13.4. The molecule has 146 valence electrons. The molecule has 0 aliphatic carbocycles. The van der Waals surface area contributed by atoms with Crippen LogP contribution in [0.2, 0.25) is 0 Å². The predicted octanol–water partition coefficient (Wildman–Crippen LogP) is 3.59. The maximum Gasteiger partial charge on any atom is 0.321 e. The number of carbonyl (C=O) groups is 2. The molecule has 2 heterocycles. The largest absolute Gasteiger partial charge is 0.348 e. The summed E-state index contributed by atoms with van der Waals surface area (Å²) in [6.45, 7) is 0.656. The number of amides is 3. The van der Waals surface area contributed by atoms with Crippen molar-refractivity contribution in [1.29, 1.82) is 0 Å². The van der Waals surface area contributed by atoms with Crippen LogP contribution in [-0.2, 0) is 4.79 Å². The fraction of sp³-hybridized carbons (Fsp3) is 0.300. The lowest BCUT2D eigenvalue weighted by Crippen LogP contribution is -2.65. The number of carbonyl (C=O) groups excluding carboxylic acids is 2. The third kappa shape index (κ3) is 3.19. The van der Waals surface area contributed by atoms with Gasteiger partial charge in [0.05, 0.1) is 11.5 Å². The summed E-state index contributed by atoms with van der Waals surface area (Å²) >= 11 is 0. The average molecular weight is 389 g/mol. The molecule has 2 aliphatic rings. The summed E-state index contributed by atoms with van der Waals surface area (Å²) in [7, 11) is 0. The zero-order valence-electron chi connectivity index (χ0n) is 14.8. The Morgan fingerprint density at radius 1 is 1.00 bits per heavy atom. The SMILES string of the molecule is O=C(Nc1cc(F)cc(F)c1)N1CCC2(CC1)C(=O)NC2c1ccc(F)cc1. The smallest absolute Gasteiger partial charge is 0.321 e. The normalized spacial score (nSPS) is 20.5. The summed E-state index contributed by atoms with van der Waals surface area (Å²) in [6.07, 6.45) is 0.900. The lowest BCUT2D eigenvalue weighted by atomic mass is 9.64. The molecule has 1 unspecified atom stereocenters. The van der Waals surface area contributed by atoms with Gasteiger partial charge in [-0.1, -0.05) is 12.1 Å². The van der Waals surface area contributed by atoms with Crippen LogP contribution in [0.4, 0.5) is 23.7 Å². The van der Waals surface area contributed by atoms with Crippen molar-refractivity contribution in [1.82, 2.24) is 10.2 Å². The second kappa shape index (κ2) is 6.85. The molecule has 0 aromatic heterocycles. The van der Waals surface area contributed by atoms with E-state index in [1.807, 2.05) is 0 Å². The number of hydrogen-bond donors (Lipinski definition) is 2. The topological polar surface area (TPSA) is 61.4 Å². The van der Waals surface area contributed by atoms with Gasteiger partial charge in [-0.25, -0.2) is 18.0 Å². The number of benzene rings is 2. The quantitative estimate of drug-likeness (QED) is 0.772. The second-order valence-electron chi connectivity index (χ2n) is 7.19. The fourth-order valence-electron chi connectivity index (χ4n) is 3.98. The lowest BCUT2D eigenvalue weighted by molar-refractivity contribution is -0.150. The van der Waals surface area contributed by atoms with Crippen LogP contribution in [0.5, 0.6) is 0 Å². The summed E-state index contributed by atoms with van der Waals surface area (Å²) in [4.78, 5) is 26.2. The Morgan fingerprint density at radius 3 is 2.18 bits per heavy atom. The van der Waals surface area contributed by atoms with Crippen LogP contribution in [0.25, 0.3) is 0 Å². The van der Waals surface area contributed by atoms with E-state index >= 15 is 0 Å². The molecular weight excluding hydrogens is 371 g/mol. The van der Waals surface area contributed by atoms with Crippen molar-refractivity contribution in [2.24, 2.45) is 5.41 Å². The molecule has 0 saturated carbocycles. The highest BCUT2D eigenvalue weighted by Gasteiger charge is 2.56. The highest BCUT2D eigenvalue weighted by Crippen LogP contribution is 2.49. The Bertz CT molecular complexity index is 905. The first-order valence-corrected chi connectivity index (χ1v) is 8.96. The van der Waals surface area contributed by atoms with E-state index in [1.54, 1.807) is 12.1 Å². The monoisotopic (exact) mass is 389 g/mol. The van der Waals surface area contributed by atoms with Gasteiger partial charge in [0, 0.05) is 24.8 Å². The molecule has 1 atom stereocenters. The minimum Gasteiger partial charge on any atom is -0.348 e. The molecule has 2 saturated heterocycles. The number of likely N-dealkylation sites (tertiary alicyclic amines) is 1. The molecule has 28 heavy (non-hydrogen) atoms. The van der Waals surface area contributed by atoms with Crippen molar-refractivity contribution in [2.45, 2.75) is 18.9 Å². The van der Waals surface area contributed by atoms with Gasteiger partial charge in [0.2, 0.25) is 5.91 Å². The van der Waals surface area contributed by atoms with E-state index in [0.29, 0.717) is 25.9 Å². The van der Waals surface area contributed by atoms with Crippen molar-refractivity contribution < 1.29 is 22.8 Å².